The van der Waals surface area contributed by atoms with Gasteiger partial charge in [-0.2, -0.15) is 0 Å². The van der Waals surface area contributed by atoms with Crippen molar-refractivity contribution in [2.75, 3.05) is 25.9 Å². The average Bonchev–Trinajstić information content (AvgIpc) is 2.84. The number of benzene rings is 1. The lowest BCUT2D eigenvalue weighted by Crippen LogP contribution is -2.34. The van der Waals surface area contributed by atoms with Crippen LogP contribution in [-0.2, 0) is 4.74 Å². The maximum Gasteiger partial charge on any atom is 0.255 e. The number of carbonyl (C=O) groups excluding carboxylic acids is 1. The molecule has 0 aromatic heterocycles. The molecule has 2 rings (SSSR count). The Hall–Kier alpha value is -1.75. The fourth-order valence-electron chi connectivity index (χ4n) is 2.11. The summed E-state index contributed by atoms with van der Waals surface area (Å²) < 4.78 is 5.49. The minimum absolute atomic E-state index is 0.0399. The highest BCUT2D eigenvalue weighted by Gasteiger charge is 2.22. The van der Waals surface area contributed by atoms with E-state index in [1.54, 1.807) is 11.9 Å². The van der Waals surface area contributed by atoms with Gasteiger partial charge < -0.3 is 20.5 Å². The van der Waals surface area contributed by atoms with Gasteiger partial charge in [-0.05, 0) is 31.0 Å². The topological polar surface area (TPSA) is 75.8 Å². The van der Waals surface area contributed by atoms with Crippen molar-refractivity contribution in [1.82, 2.24) is 4.90 Å². The van der Waals surface area contributed by atoms with Crippen molar-refractivity contribution in [3.8, 4) is 5.75 Å². The van der Waals surface area contributed by atoms with Gasteiger partial charge in [0, 0.05) is 25.9 Å². The molecule has 1 aliphatic heterocycles. The fourth-order valence-corrected chi connectivity index (χ4v) is 2.11. The number of hydrogen-bond donors (Lipinski definition) is 2. The van der Waals surface area contributed by atoms with Gasteiger partial charge in [-0.15, -0.1) is 0 Å². The number of nitrogens with zero attached hydrogens (tertiary/aromatic N) is 1. The first kappa shape index (κ1) is 12.7. The number of nitrogen functional groups attached to an aromatic ring is 1. The van der Waals surface area contributed by atoms with Crippen molar-refractivity contribution in [1.29, 1.82) is 0 Å². The van der Waals surface area contributed by atoms with Crippen molar-refractivity contribution in [3.05, 3.63) is 23.8 Å². The predicted octanol–water partition coefficient (Wildman–Crippen LogP) is 1.23. The number of likely N-dealkylation sites (N-methyl/N-ethyl adjacent to an activating group) is 1. The lowest BCUT2D eigenvalue weighted by Gasteiger charge is -2.21. The third-order valence-electron chi connectivity index (χ3n) is 3.12. The quantitative estimate of drug-likeness (QED) is 0.625. The lowest BCUT2D eigenvalue weighted by atomic mass is 10.1. The summed E-state index contributed by atoms with van der Waals surface area (Å²) in [5, 5.41) is 9.40. The van der Waals surface area contributed by atoms with Crippen molar-refractivity contribution >= 4 is 11.6 Å². The van der Waals surface area contributed by atoms with E-state index in [0.29, 0.717) is 17.8 Å². The molecule has 0 aliphatic carbocycles. The Balaban J connectivity index is 2.07. The van der Waals surface area contributed by atoms with E-state index >= 15 is 0 Å². The molecule has 1 amide bonds. The van der Waals surface area contributed by atoms with Crippen LogP contribution in [0, 0.1) is 0 Å². The van der Waals surface area contributed by atoms with Gasteiger partial charge in [-0.1, -0.05) is 0 Å². The van der Waals surface area contributed by atoms with Crippen LogP contribution in [0.3, 0.4) is 0 Å². The van der Waals surface area contributed by atoms with E-state index in [1.165, 1.54) is 18.2 Å². The minimum atomic E-state index is -0.195. The highest BCUT2D eigenvalue weighted by molar-refractivity contribution is 5.99. The Morgan fingerprint density at radius 2 is 2.39 bits per heavy atom. The SMILES string of the molecule is CN(CC1CCCO1)C(=O)c1cc(O)ccc1N. The Labute approximate surface area is 106 Å². The normalized spacial score (nSPS) is 18.8. The zero-order valence-electron chi connectivity index (χ0n) is 10.4. The number of hydrogen-bond acceptors (Lipinski definition) is 4. The van der Waals surface area contributed by atoms with Gasteiger partial charge in [0.15, 0.2) is 0 Å². The summed E-state index contributed by atoms with van der Waals surface area (Å²) in [6.07, 6.45) is 2.13. The Kier molecular flexibility index (Phi) is 3.72. The number of aromatic hydroxyl groups is 1. The molecular formula is C13H18N2O3. The first-order chi connectivity index (χ1) is 8.58. The molecule has 0 spiro atoms. The van der Waals surface area contributed by atoms with Gasteiger partial charge in [0.25, 0.3) is 5.91 Å². The molecule has 0 radical (unpaired) electrons. The van der Waals surface area contributed by atoms with Crippen LogP contribution in [0.2, 0.25) is 0 Å². The minimum Gasteiger partial charge on any atom is -0.508 e. The zero-order chi connectivity index (χ0) is 13.1. The maximum atomic E-state index is 12.2. The molecule has 18 heavy (non-hydrogen) atoms. The van der Waals surface area contributed by atoms with E-state index in [0.717, 1.165) is 19.4 Å². The number of amides is 1. The van der Waals surface area contributed by atoms with Gasteiger partial charge in [0.05, 0.1) is 11.7 Å². The molecule has 3 N–H and O–H groups in total. The first-order valence-corrected chi connectivity index (χ1v) is 6.03. The summed E-state index contributed by atoms with van der Waals surface area (Å²) in [7, 11) is 1.72. The largest absolute Gasteiger partial charge is 0.508 e. The van der Waals surface area contributed by atoms with E-state index in [1.807, 2.05) is 0 Å². The Morgan fingerprint density at radius 3 is 3.06 bits per heavy atom. The monoisotopic (exact) mass is 250 g/mol. The summed E-state index contributed by atoms with van der Waals surface area (Å²) in [6.45, 7) is 1.31. The van der Waals surface area contributed by atoms with Crippen molar-refractivity contribution in [2.24, 2.45) is 0 Å². The molecular weight excluding hydrogens is 232 g/mol. The number of phenols is 1. The van der Waals surface area contributed by atoms with Gasteiger partial charge in [0.1, 0.15) is 5.75 Å². The average molecular weight is 250 g/mol. The molecule has 1 aromatic carbocycles. The van der Waals surface area contributed by atoms with Gasteiger partial charge in [-0.3, -0.25) is 4.79 Å². The smallest absolute Gasteiger partial charge is 0.255 e. The fraction of sp³-hybridized carbons (Fsp3) is 0.462. The molecule has 5 nitrogen and oxygen atoms in total. The molecule has 98 valence electrons. The second-order valence-corrected chi connectivity index (χ2v) is 4.59. The molecule has 1 aromatic rings. The third-order valence-corrected chi connectivity index (χ3v) is 3.12. The summed E-state index contributed by atoms with van der Waals surface area (Å²) in [5.41, 5.74) is 6.45. The first-order valence-electron chi connectivity index (χ1n) is 6.03. The third kappa shape index (κ3) is 2.73. The summed E-state index contributed by atoms with van der Waals surface area (Å²) in [5.74, 6) is -0.156. The molecule has 5 heteroatoms. The molecule has 0 bridgehead atoms. The molecule has 0 saturated carbocycles. The summed E-state index contributed by atoms with van der Waals surface area (Å²) in [6, 6.07) is 4.39. The van der Waals surface area contributed by atoms with Gasteiger partial charge >= 0.3 is 0 Å². The van der Waals surface area contributed by atoms with Crippen molar-refractivity contribution in [2.45, 2.75) is 18.9 Å². The highest BCUT2D eigenvalue weighted by atomic mass is 16.5. The number of anilines is 1. The number of rotatable bonds is 3. The van der Waals surface area contributed by atoms with Crippen LogP contribution in [-0.4, -0.2) is 42.2 Å². The standard InChI is InChI=1S/C13H18N2O3/c1-15(8-10-3-2-6-18-10)13(17)11-7-9(16)4-5-12(11)14/h4-5,7,10,16H,2-3,6,8,14H2,1H3. The van der Waals surface area contributed by atoms with Crippen LogP contribution >= 0.6 is 0 Å². The van der Waals surface area contributed by atoms with E-state index in [4.69, 9.17) is 10.5 Å². The van der Waals surface area contributed by atoms with Crippen LogP contribution in [0.15, 0.2) is 18.2 Å². The molecule has 1 heterocycles. The number of ether oxygens (including phenoxy) is 1. The van der Waals surface area contributed by atoms with Crippen LogP contribution < -0.4 is 5.73 Å². The van der Waals surface area contributed by atoms with Gasteiger partial charge in [0.2, 0.25) is 0 Å². The second-order valence-electron chi connectivity index (χ2n) is 4.59. The molecule has 1 fully saturated rings. The van der Waals surface area contributed by atoms with Gasteiger partial charge in [-0.25, -0.2) is 0 Å². The highest BCUT2D eigenvalue weighted by Crippen LogP contribution is 2.21. The molecule has 1 atom stereocenters. The van der Waals surface area contributed by atoms with E-state index in [9.17, 15) is 9.90 Å². The van der Waals surface area contributed by atoms with Crippen LogP contribution in [0.4, 0.5) is 5.69 Å². The maximum absolute atomic E-state index is 12.2. The number of nitrogens with two attached hydrogens (primary N) is 1. The predicted molar refractivity (Wildman–Crippen MR) is 68.5 cm³/mol. The number of carbonyl (C=O) groups is 1. The Morgan fingerprint density at radius 1 is 1.61 bits per heavy atom. The zero-order valence-corrected chi connectivity index (χ0v) is 10.4. The van der Waals surface area contributed by atoms with Crippen LogP contribution in [0.25, 0.3) is 0 Å². The lowest BCUT2D eigenvalue weighted by molar-refractivity contribution is 0.0587. The second kappa shape index (κ2) is 5.27. The van der Waals surface area contributed by atoms with E-state index in [-0.39, 0.29) is 17.8 Å². The van der Waals surface area contributed by atoms with Crippen LogP contribution in [0.5, 0.6) is 5.75 Å². The summed E-state index contributed by atoms with van der Waals surface area (Å²) in [4.78, 5) is 13.8. The molecule has 1 aliphatic rings. The van der Waals surface area contributed by atoms with Crippen molar-refractivity contribution < 1.29 is 14.6 Å². The molecule has 1 unspecified atom stereocenters. The van der Waals surface area contributed by atoms with E-state index < -0.39 is 0 Å². The summed E-state index contributed by atoms with van der Waals surface area (Å²) >= 11 is 0. The van der Waals surface area contributed by atoms with E-state index in [2.05, 4.69) is 0 Å². The molecule has 1 saturated heterocycles. The Bertz CT molecular complexity index is 442. The van der Waals surface area contributed by atoms with Crippen molar-refractivity contribution in [3.63, 3.8) is 0 Å². The number of phenolic OH excluding ortho intramolecular Hbond substituents is 1. The van der Waals surface area contributed by atoms with Crippen LogP contribution in [0.1, 0.15) is 23.2 Å².